The van der Waals surface area contributed by atoms with Gasteiger partial charge in [0.05, 0.1) is 12.1 Å². The van der Waals surface area contributed by atoms with E-state index in [2.05, 4.69) is 12.1 Å². The number of amides is 1. The Hall–Kier alpha value is -2.44. The Morgan fingerprint density at radius 1 is 1.17 bits per heavy atom. The Kier molecular flexibility index (Phi) is 8.22. The van der Waals surface area contributed by atoms with E-state index < -0.39 is 12.1 Å². The number of aliphatic hydroxyl groups excluding tert-OH is 1. The van der Waals surface area contributed by atoms with Gasteiger partial charge in [0.2, 0.25) is 5.91 Å². The number of thiophene rings is 1. The van der Waals surface area contributed by atoms with E-state index >= 15 is 0 Å². The third kappa shape index (κ3) is 6.54. The summed E-state index contributed by atoms with van der Waals surface area (Å²) < 4.78 is 0. The molecule has 6 heteroatoms. The normalized spacial score (nSPS) is 17.7. The van der Waals surface area contributed by atoms with Crippen LogP contribution in [0.3, 0.4) is 0 Å². The van der Waals surface area contributed by atoms with E-state index in [-0.39, 0.29) is 11.9 Å². The third-order valence-electron chi connectivity index (χ3n) is 5.43. The lowest BCUT2D eigenvalue weighted by Crippen LogP contribution is -2.33. The first kappa shape index (κ1) is 22.2. The number of benzene rings is 1. The molecule has 1 aliphatic rings. The van der Waals surface area contributed by atoms with Gasteiger partial charge in [-0.15, -0.1) is 11.3 Å². The number of nitrogens with zero attached hydrogens (tertiary/aromatic N) is 1. The van der Waals surface area contributed by atoms with E-state index in [4.69, 9.17) is 5.11 Å². The molecule has 2 heterocycles. The molecule has 5 nitrogen and oxygen atoms in total. The van der Waals surface area contributed by atoms with Crippen molar-refractivity contribution >= 4 is 23.2 Å². The van der Waals surface area contributed by atoms with E-state index in [1.54, 1.807) is 6.07 Å². The van der Waals surface area contributed by atoms with Gasteiger partial charge in [0.1, 0.15) is 4.88 Å². The number of rotatable bonds is 11. The molecule has 1 saturated heterocycles. The minimum atomic E-state index is -0.895. The summed E-state index contributed by atoms with van der Waals surface area (Å²) in [4.78, 5) is 26.5. The standard InChI is InChI=1S/C24H29NO4S/c26-20(9-4-8-18-6-2-1-3-7-18)13-11-19-12-16-23(27)25(19)17-5-10-21-14-15-22(30-21)24(28)29/h1-3,6-7,11,13-15,19-20,26H,4-5,8-10,12,16-17H2,(H,28,29)/b13-11+/t19?,20-/m0/s1. The van der Waals surface area contributed by atoms with Crippen molar-refractivity contribution < 1.29 is 19.8 Å². The highest BCUT2D eigenvalue weighted by molar-refractivity contribution is 7.13. The maximum atomic E-state index is 12.2. The molecule has 2 atom stereocenters. The first-order valence-electron chi connectivity index (χ1n) is 10.5. The van der Waals surface area contributed by atoms with Gasteiger partial charge in [-0.2, -0.15) is 0 Å². The second-order valence-corrected chi connectivity index (χ2v) is 8.87. The predicted octanol–water partition coefficient (Wildman–Crippen LogP) is 4.31. The Morgan fingerprint density at radius 3 is 2.70 bits per heavy atom. The van der Waals surface area contributed by atoms with Crippen LogP contribution in [-0.4, -0.2) is 45.7 Å². The van der Waals surface area contributed by atoms with Crippen LogP contribution >= 0.6 is 11.3 Å². The molecule has 1 unspecified atom stereocenters. The van der Waals surface area contributed by atoms with Gasteiger partial charge in [0.25, 0.3) is 0 Å². The molecule has 2 N–H and O–H groups in total. The van der Waals surface area contributed by atoms with Crippen LogP contribution in [0.15, 0.2) is 54.6 Å². The number of hydrogen-bond donors (Lipinski definition) is 2. The predicted molar refractivity (Wildman–Crippen MR) is 119 cm³/mol. The fourth-order valence-electron chi connectivity index (χ4n) is 3.81. The van der Waals surface area contributed by atoms with Crippen molar-refractivity contribution in [3.8, 4) is 0 Å². The minimum absolute atomic E-state index is 0.0409. The fourth-order valence-corrected chi connectivity index (χ4v) is 4.70. The first-order valence-corrected chi connectivity index (χ1v) is 11.4. The maximum Gasteiger partial charge on any atom is 0.345 e. The lowest BCUT2D eigenvalue weighted by atomic mass is 10.0. The smallest absolute Gasteiger partial charge is 0.345 e. The molecule has 0 saturated carbocycles. The molecule has 1 aromatic carbocycles. The average Bonchev–Trinajstić information content (AvgIpc) is 3.35. The summed E-state index contributed by atoms with van der Waals surface area (Å²) >= 11 is 1.30. The molecular weight excluding hydrogens is 398 g/mol. The molecule has 0 bridgehead atoms. The zero-order valence-electron chi connectivity index (χ0n) is 17.1. The summed E-state index contributed by atoms with van der Waals surface area (Å²) in [5, 5.41) is 19.3. The highest BCUT2D eigenvalue weighted by Gasteiger charge is 2.28. The molecule has 0 radical (unpaired) electrons. The number of hydrogen-bond acceptors (Lipinski definition) is 4. The van der Waals surface area contributed by atoms with Crippen LogP contribution in [0, 0.1) is 0 Å². The van der Waals surface area contributed by atoms with Crippen molar-refractivity contribution in [2.24, 2.45) is 0 Å². The fraction of sp³-hybridized carbons (Fsp3) is 0.417. The molecule has 160 valence electrons. The van der Waals surface area contributed by atoms with Crippen LogP contribution < -0.4 is 0 Å². The van der Waals surface area contributed by atoms with Crippen LogP contribution in [0.4, 0.5) is 0 Å². The number of likely N-dealkylation sites (tertiary alicyclic amines) is 1. The molecule has 1 fully saturated rings. The molecular formula is C24H29NO4S. The Bertz CT molecular complexity index is 861. The van der Waals surface area contributed by atoms with Gasteiger partial charge in [0, 0.05) is 17.8 Å². The first-order chi connectivity index (χ1) is 14.5. The van der Waals surface area contributed by atoms with Crippen LogP contribution in [0.25, 0.3) is 0 Å². The van der Waals surface area contributed by atoms with Crippen molar-refractivity contribution in [2.45, 2.75) is 57.1 Å². The molecule has 1 aliphatic heterocycles. The zero-order chi connectivity index (χ0) is 21.3. The van der Waals surface area contributed by atoms with Crippen molar-refractivity contribution in [3.63, 3.8) is 0 Å². The maximum absolute atomic E-state index is 12.2. The van der Waals surface area contributed by atoms with Crippen LogP contribution in [0.5, 0.6) is 0 Å². The van der Waals surface area contributed by atoms with Crippen molar-refractivity contribution in [1.29, 1.82) is 0 Å². The summed E-state index contributed by atoms with van der Waals surface area (Å²) in [5.41, 5.74) is 1.28. The largest absolute Gasteiger partial charge is 0.477 e. The van der Waals surface area contributed by atoms with Crippen LogP contribution in [0.2, 0.25) is 0 Å². The molecule has 30 heavy (non-hydrogen) atoms. The van der Waals surface area contributed by atoms with E-state index in [0.717, 1.165) is 37.0 Å². The SMILES string of the molecule is O=C(O)c1ccc(CCCN2C(=O)CCC2/C=C/[C@@H](O)CCCc2ccccc2)s1. The number of carboxylic acid groups (broad SMARTS) is 1. The number of carboxylic acids is 1. The summed E-state index contributed by atoms with van der Waals surface area (Å²) in [6.45, 7) is 0.651. The molecule has 0 spiro atoms. The Balaban J connectivity index is 1.42. The van der Waals surface area contributed by atoms with E-state index in [9.17, 15) is 14.7 Å². The number of carbonyl (C=O) groups excluding carboxylic acids is 1. The Morgan fingerprint density at radius 2 is 1.97 bits per heavy atom. The number of aromatic carboxylic acids is 1. The van der Waals surface area contributed by atoms with Crippen LogP contribution in [-0.2, 0) is 17.6 Å². The average molecular weight is 428 g/mol. The molecule has 0 aliphatic carbocycles. The number of carbonyl (C=O) groups is 2. The molecule has 2 aromatic rings. The van der Waals surface area contributed by atoms with E-state index in [1.807, 2.05) is 41.3 Å². The molecule has 3 rings (SSSR count). The van der Waals surface area contributed by atoms with Gasteiger partial charge in [-0.05, 0) is 56.2 Å². The Labute approximate surface area is 181 Å². The van der Waals surface area contributed by atoms with Gasteiger partial charge < -0.3 is 15.1 Å². The van der Waals surface area contributed by atoms with Gasteiger partial charge in [-0.25, -0.2) is 4.79 Å². The third-order valence-corrected chi connectivity index (χ3v) is 6.57. The van der Waals surface area contributed by atoms with Gasteiger partial charge >= 0.3 is 5.97 Å². The summed E-state index contributed by atoms with van der Waals surface area (Å²) in [5.74, 6) is -0.742. The monoisotopic (exact) mass is 427 g/mol. The van der Waals surface area contributed by atoms with Gasteiger partial charge in [-0.3, -0.25) is 4.79 Å². The molecule has 1 aromatic heterocycles. The quantitative estimate of drug-likeness (QED) is 0.524. The second-order valence-electron chi connectivity index (χ2n) is 7.70. The van der Waals surface area contributed by atoms with Crippen LogP contribution in [0.1, 0.15) is 52.2 Å². The summed E-state index contributed by atoms with van der Waals surface area (Å²) in [6, 6.07) is 13.8. The molecule has 1 amide bonds. The topological polar surface area (TPSA) is 77.8 Å². The van der Waals surface area contributed by atoms with E-state index in [0.29, 0.717) is 24.3 Å². The van der Waals surface area contributed by atoms with Crippen molar-refractivity contribution in [2.75, 3.05) is 6.54 Å². The van der Waals surface area contributed by atoms with Gasteiger partial charge in [0.15, 0.2) is 0 Å². The lowest BCUT2D eigenvalue weighted by Gasteiger charge is -2.22. The second kappa shape index (κ2) is 11.1. The van der Waals surface area contributed by atoms with Crippen molar-refractivity contribution in [1.82, 2.24) is 4.90 Å². The highest BCUT2D eigenvalue weighted by Crippen LogP contribution is 2.23. The van der Waals surface area contributed by atoms with Crippen molar-refractivity contribution in [3.05, 3.63) is 69.9 Å². The highest BCUT2D eigenvalue weighted by atomic mass is 32.1. The van der Waals surface area contributed by atoms with E-state index in [1.165, 1.54) is 16.9 Å². The lowest BCUT2D eigenvalue weighted by molar-refractivity contribution is -0.128. The number of aliphatic hydroxyl groups is 1. The van der Waals surface area contributed by atoms with Gasteiger partial charge in [-0.1, -0.05) is 42.5 Å². The summed E-state index contributed by atoms with van der Waals surface area (Å²) in [6.07, 6.45) is 8.78. The number of aryl methyl sites for hydroxylation is 2. The summed E-state index contributed by atoms with van der Waals surface area (Å²) in [7, 11) is 0. The minimum Gasteiger partial charge on any atom is -0.477 e. The zero-order valence-corrected chi connectivity index (χ0v) is 17.9.